The van der Waals surface area contributed by atoms with Crippen molar-refractivity contribution in [2.75, 3.05) is 0 Å². The van der Waals surface area contributed by atoms with Crippen LogP contribution in [0, 0.1) is 0 Å². The molecule has 0 aliphatic carbocycles. The third-order valence-electron chi connectivity index (χ3n) is 3.79. The number of hydrogen-bond donors (Lipinski definition) is 0. The topological polar surface area (TPSA) is 9.23 Å². The van der Waals surface area contributed by atoms with Crippen molar-refractivity contribution in [3.8, 4) is 5.75 Å². The van der Waals surface area contributed by atoms with Gasteiger partial charge in [0.1, 0.15) is 11.9 Å². The van der Waals surface area contributed by atoms with E-state index in [1.54, 1.807) is 0 Å². The van der Waals surface area contributed by atoms with Crippen molar-refractivity contribution in [3.63, 3.8) is 0 Å². The lowest BCUT2D eigenvalue weighted by Crippen LogP contribution is -2.22. The van der Waals surface area contributed by atoms with Crippen LogP contribution >= 0.6 is 0 Å². The van der Waals surface area contributed by atoms with Crippen molar-refractivity contribution in [1.29, 1.82) is 0 Å². The van der Waals surface area contributed by atoms with Crippen molar-refractivity contribution >= 4 is 0 Å². The van der Waals surface area contributed by atoms with Gasteiger partial charge in [-0.25, -0.2) is 0 Å². The molecule has 92 valence electrons. The molecule has 1 aliphatic rings. The second-order valence-electron chi connectivity index (χ2n) is 4.89. The van der Waals surface area contributed by atoms with E-state index in [9.17, 15) is 0 Å². The Morgan fingerprint density at radius 1 is 1.06 bits per heavy atom. The Kier molecular flexibility index (Phi) is 3.06. The first kappa shape index (κ1) is 11.3. The molecule has 0 N–H and O–H groups in total. The highest BCUT2D eigenvalue weighted by atomic mass is 16.5. The molecule has 1 heteroatoms. The molecular weight excluding hydrogens is 220 g/mol. The van der Waals surface area contributed by atoms with Crippen LogP contribution in [0.4, 0.5) is 0 Å². The number of fused-ring (bicyclic) bond motifs is 1. The van der Waals surface area contributed by atoms with Crippen LogP contribution in [0.5, 0.6) is 5.75 Å². The smallest absolute Gasteiger partial charge is 0.123 e. The number of benzene rings is 2. The molecule has 2 aromatic carbocycles. The molecule has 2 aromatic rings. The Morgan fingerprint density at radius 3 is 2.50 bits per heavy atom. The van der Waals surface area contributed by atoms with Gasteiger partial charge in [0.05, 0.1) is 0 Å². The molecule has 0 saturated carbocycles. The molecule has 0 aromatic heterocycles. The van der Waals surface area contributed by atoms with E-state index >= 15 is 0 Å². The fourth-order valence-electron chi connectivity index (χ4n) is 2.85. The molecule has 2 unspecified atom stereocenters. The predicted octanol–water partition coefficient (Wildman–Crippen LogP) is 4.18. The number of ether oxygens (including phenoxy) is 1. The highest BCUT2D eigenvalue weighted by molar-refractivity contribution is 5.38. The first-order valence-electron chi connectivity index (χ1n) is 6.68. The first-order valence-corrected chi connectivity index (χ1v) is 6.68. The van der Waals surface area contributed by atoms with Crippen LogP contribution in [-0.4, -0.2) is 6.10 Å². The number of rotatable bonds is 3. The Morgan fingerprint density at radius 2 is 1.78 bits per heavy atom. The maximum atomic E-state index is 6.11. The standard InChI is InChI=1S/C17H18O/c1-2-15(13-8-4-3-5-9-13)17-12-14-10-6-7-11-16(14)18-17/h3-11,15,17H,2,12H2,1H3. The highest BCUT2D eigenvalue weighted by Crippen LogP contribution is 2.36. The van der Waals surface area contributed by atoms with Crippen LogP contribution in [0.1, 0.15) is 30.4 Å². The van der Waals surface area contributed by atoms with E-state index in [1.807, 2.05) is 6.07 Å². The summed E-state index contributed by atoms with van der Waals surface area (Å²) in [4.78, 5) is 0. The maximum Gasteiger partial charge on any atom is 0.123 e. The van der Waals surface area contributed by atoms with Crippen LogP contribution in [0.15, 0.2) is 54.6 Å². The minimum Gasteiger partial charge on any atom is -0.489 e. The Labute approximate surface area is 108 Å². The fourth-order valence-corrected chi connectivity index (χ4v) is 2.85. The quantitative estimate of drug-likeness (QED) is 0.779. The van der Waals surface area contributed by atoms with Gasteiger partial charge in [0, 0.05) is 12.3 Å². The van der Waals surface area contributed by atoms with Gasteiger partial charge in [-0.3, -0.25) is 0 Å². The van der Waals surface area contributed by atoms with Gasteiger partial charge in [-0.15, -0.1) is 0 Å². The van der Waals surface area contributed by atoms with Gasteiger partial charge in [0.2, 0.25) is 0 Å². The van der Waals surface area contributed by atoms with E-state index in [-0.39, 0.29) is 6.10 Å². The Hall–Kier alpha value is -1.76. The van der Waals surface area contributed by atoms with E-state index in [2.05, 4.69) is 55.5 Å². The monoisotopic (exact) mass is 238 g/mol. The van der Waals surface area contributed by atoms with Gasteiger partial charge < -0.3 is 4.74 Å². The molecule has 0 spiro atoms. The average molecular weight is 238 g/mol. The van der Waals surface area contributed by atoms with Gasteiger partial charge in [0.25, 0.3) is 0 Å². The summed E-state index contributed by atoms with van der Waals surface area (Å²) in [7, 11) is 0. The van der Waals surface area contributed by atoms with Crippen molar-refractivity contribution in [1.82, 2.24) is 0 Å². The summed E-state index contributed by atoms with van der Waals surface area (Å²) in [5.74, 6) is 1.55. The molecule has 0 saturated heterocycles. The van der Waals surface area contributed by atoms with Crippen LogP contribution < -0.4 is 4.74 Å². The summed E-state index contributed by atoms with van der Waals surface area (Å²) in [6.07, 6.45) is 2.43. The summed E-state index contributed by atoms with van der Waals surface area (Å²) in [5.41, 5.74) is 2.73. The molecule has 1 nitrogen and oxygen atoms in total. The summed E-state index contributed by atoms with van der Waals surface area (Å²) >= 11 is 0. The third kappa shape index (κ3) is 2.01. The molecule has 3 rings (SSSR count). The van der Waals surface area contributed by atoms with Crippen molar-refractivity contribution in [2.45, 2.75) is 31.8 Å². The zero-order valence-corrected chi connectivity index (χ0v) is 10.7. The largest absolute Gasteiger partial charge is 0.489 e. The summed E-state index contributed by atoms with van der Waals surface area (Å²) < 4.78 is 6.11. The van der Waals surface area contributed by atoms with Crippen molar-refractivity contribution in [3.05, 3.63) is 65.7 Å². The molecule has 2 atom stereocenters. The molecule has 1 aliphatic heterocycles. The lowest BCUT2D eigenvalue weighted by atomic mass is 9.89. The van der Waals surface area contributed by atoms with Gasteiger partial charge in [0.15, 0.2) is 0 Å². The minimum atomic E-state index is 0.287. The van der Waals surface area contributed by atoms with Gasteiger partial charge in [-0.1, -0.05) is 55.5 Å². The fraction of sp³-hybridized carbons (Fsp3) is 0.294. The molecule has 0 amide bonds. The minimum absolute atomic E-state index is 0.287. The lowest BCUT2D eigenvalue weighted by Gasteiger charge is -2.22. The Bertz CT molecular complexity index is 493. The van der Waals surface area contributed by atoms with Crippen LogP contribution in [-0.2, 0) is 6.42 Å². The van der Waals surface area contributed by atoms with Crippen LogP contribution in [0.25, 0.3) is 0 Å². The normalized spacial score (nSPS) is 19.1. The van der Waals surface area contributed by atoms with Crippen LogP contribution in [0.2, 0.25) is 0 Å². The van der Waals surface area contributed by atoms with Crippen molar-refractivity contribution in [2.24, 2.45) is 0 Å². The molecule has 18 heavy (non-hydrogen) atoms. The summed E-state index contributed by atoms with van der Waals surface area (Å²) in [5, 5.41) is 0. The van der Waals surface area contributed by atoms with Crippen LogP contribution in [0.3, 0.4) is 0 Å². The van der Waals surface area contributed by atoms with E-state index < -0.39 is 0 Å². The Balaban J connectivity index is 1.84. The second kappa shape index (κ2) is 4.85. The zero-order chi connectivity index (χ0) is 12.4. The molecule has 1 heterocycles. The van der Waals surface area contributed by atoms with Crippen molar-refractivity contribution < 1.29 is 4.74 Å². The maximum absolute atomic E-state index is 6.11. The number of hydrogen-bond acceptors (Lipinski definition) is 1. The van der Waals surface area contributed by atoms with E-state index in [1.165, 1.54) is 11.1 Å². The van der Waals surface area contributed by atoms with Gasteiger partial charge in [-0.2, -0.15) is 0 Å². The van der Waals surface area contributed by atoms with E-state index in [4.69, 9.17) is 4.74 Å². The van der Waals surface area contributed by atoms with Gasteiger partial charge >= 0.3 is 0 Å². The lowest BCUT2D eigenvalue weighted by molar-refractivity contribution is 0.194. The average Bonchev–Trinajstić information content (AvgIpc) is 2.84. The molecule has 0 fully saturated rings. The third-order valence-corrected chi connectivity index (χ3v) is 3.79. The first-order chi connectivity index (χ1) is 8.88. The number of para-hydroxylation sites is 1. The zero-order valence-electron chi connectivity index (χ0n) is 10.7. The van der Waals surface area contributed by atoms with Gasteiger partial charge in [-0.05, 0) is 23.6 Å². The van der Waals surface area contributed by atoms with E-state index in [0.29, 0.717) is 5.92 Å². The SMILES string of the molecule is CCC(c1ccccc1)C1Cc2ccccc2O1. The summed E-state index contributed by atoms with van der Waals surface area (Å²) in [6.45, 7) is 2.24. The molecule has 0 radical (unpaired) electrons. The molecular formula is C17H18O. The van der Waals surface area contributed by atoms with E-state index in [0.717, 1.165) is 18.6 Å². The summed E-state index contributed by atoms with van der Waals surface area (Å²) in [6, 6.07) is 19.1. The second-order valence-corrected chi connectivity index (χ2v) is 4.89. The highest BCUT2D eigenvalue weighted by Gasteiger charge is 2.29. The predicted molar refractivity (Wildman–Crippen MR) is 74.0 cm³/mol. The molecule has 0 bridgehead atoms.